The number of halogens is 2. The monoisotopic (exact) mass is 760 g/mol. The van der Waals surface area contributed by atoms with E-state index in [0.717, 1.165) is 43.0 Å². The molecule has 4 fully saturated rings. The number of ketones is 2. The van der Waals surface area contributed by atoms with Crippen LogP contribution in [0.5, 0.6) is 0 Å². The van der Waals surface area contributed by atoms with Crippen LogP contribution < -0.4 is 0 Å². The summed E-state index contributed by atoms with van der Waals surface area (Å²) in [5, 5.41) is 22.5. The zero-order valence-corrected chi connectivity index (χ0v) is 28.1. The number of hydrogen-bond acceptors (Lipinski definition) is 8. The number of hydrogen-bond donors (Lipinski definition) is 2. The lowest BCUT2D eigenvalue weighted by Crippen LogP contribution is -2.70. The molecule has 2 aliphatic heterocycles. The minimum atomic E-state index is -1.04. The smallest absolute Gasteiger partial charge is 0.319 e. The van der Waals surface area contributed by atoms with Crippen molar-refractivity contribution in [2.75, 3.05) is 9.76 Å². The van der Waals surface area contributed by atoms with Gasteiger partial charge in [-0.1, -0.05) is 62.8 Å². The minimum Gasteiger partial charge on any atom is -0.457 e. The van der Waals surface area contributed by atoms with E-state index in [1.54, 1.807) is 0 Å². The maximum Gasteiger partial charge on any atom is 0.319 e. The summed E-state index contributed by atoms with van der Waals surface area (Å²) in [7, 11) is 0. The zero-order valence-electron chi connectivity index (χ0n) is 24.4. The number of alkyl halides is 2. The van der Waals surface area contributed by atoms with Gasteiger partial charge < -0.3 is 19.7 Å². The molecule has 6 aliphatic rings. The molecule has 6 rings (SSSR count). The SMILES string of the molecule is C[C@@]12OC(=O)[C@]1([C@@H](O)[C@@H]1C=CCCC1)CC(=O)[C@@H]2CCBr.C[C@@]12OC(=O)[C@]1([C@@H](O)[C@@H]1C=CCCC1)CC(=O)[C@@H]2CCI. The summed E-state index contributed by atoms with van der Waals surface area (Å²) in [6.07, 6.45) is 13.9. The average molecular weight is 761 g/mol. The highest BCUT2D eigenvalue weighted by atomic mass is 127. The molecule has 10 heteroatoms. The van der Waals surface area contributed by atoms with Crippen LogP contribution in [0.2, 0.25) is 0 Å². The van der Waals surface area contributed by atoms with Gasteiger partial charge in [0, 0.05) is 34.4 Å². The summed E-state index contributed by atoms with van der Waals surface area (Å²) < 4.78 is 11.7. The van der Waals surface area contributed by atoms with Crippen LogP contribution in [0.3, 0.4) is 0 Å². The van der Waals surface area contributed by atoms with Gasteiger partial charge in [0.2, 0.25) is 0 Å². The first-order chi connectivity index (χ1) is 19.9. The number of Topliss-reactive ketones (excluding diaryl/α,β-unsaturated/α-hetero) is 2. The Morgan fingerprint density at radius 3 is 1.60 bits per heavy atom. The highest BCUT2D eigenvalue weighted by Crippen LogP contribution is 2.64. The Morgan fingerprint density at radius 2 is 1.26 bits per heavy atom. The van der Waals surface area contributed by atoms with Crippen LogP contribution in [0.1, 0.15) is 78.1 Å². The molecule has 2 saturated heterocycles. The van der Waals surface area contributed by atoms with Crippen LogP contribution >= 0.6 is 38.5 Å². The Morgan fingerprint density at radius 1 is 0.833 bits per heavy atom. The number of aliphatic hydroxyl groups is 2. The fourth-order valence-corrected chi connectivity index (χ4v) is 9.88. The standard InChI is InChI=1S/C16H21BrO4.C16H21IO4/c2*1-15-11(7-8-17)12(18)9-16(15,14(20)21-15)13(19)10-5-3-2-4-6-10/h2*3,5,10-11,13,19H,2,4,6-9H2,1H3/t2*10-,11+,13+,15+,16-/m11/s1. The first-order valence-electron chi connectivity index (χ1n) is 15.3. The van der Waals surface area contributed by atoms with Crippen molar-refractivity contribution in [1.29, 1.82) is 0 Å². The predicted molar refractivity (Wildman–Crippen MR) is 167 cm³/mol. The van der Waals surface area contributed by atoms with Crippen molar-refractivity contribution in [2.24, 2.45) is 34.5 Å². The Balaban J connectivity index is 0.000000168. The second kappa shape index (κ2) is 12.0. The molecular weight excluding hydrogens is 719 g/mol. The lowest BCUT2D eigenvalue weighted by molar-refractivity contribution is -0.263. The van der Waals surface area contributed by atoms with Crippen molar-refractivity contribution in [2.45, 2.75) is 101 Å². The van der Waals surface area contributed by atoms with Crippen molar-refractivity contribution < 1.29 is 38.9 Å². The van der Waals surface area contributed by atoms with Gasteiger partial charge in [-0.2, -0.15) is 0 Å². The van der Waals surface area contributed by atoms with Crippen LogP contribution in [-0.2, 0) is 28.7 Å². The van der Waals surface area contributed by atoms with Crippen molar-refractivity contribution in [3.05, 3.63) is 24.3 Å². The molecular formula is C32H42BrIO8. The molecule has 232 valence electrons. The summed E-state index contributed by atoms with van der Waals surface area (Å²) >= 11 is 5.60. The number of rotatable bonds is 8. The zero-order chi connectivity index (χ0) is 30.5. The Kier molecular flexibility index (Phi) is 9.23. The van der Waals surface area contributed by atoms with Gasteiger partial charge in [0.1, 0.15) is 33.6 Å². The molecule has 2 saturated carbocycles. The molecule has 0 spiro atoms. The third-order valence-electron chi connectivity index (χ3n) is 11.3. The van der Waals surface area contributed by atoms with Gasteiger partial charge in [0.25, 0.3) is 0 Å². The first kappa shape index (κ1) is 32.3. The van der Waals surface area contributed by atoms with Crippen molar-refractivity contribution in [1.82, 2.24) is 0 Å². The van der Waals surface area contributed by atoms with Crippen molar-refractivity contribution >= 4 is 62.0 Å². The molecule has 42 heavy (non-hydrogen) atoms. The van der Waals surface area contributed by atoms with E-state index >= 15 is 0 Å². The number of fused-ring (bicyclic) bond motifs is 2. The van der Waals surface area contributed by atoms with E-state index in [2.05, 4.69) is 50.7 Å². The lowest BCUT2D eigenvalue weighted by Gasteiger charge is -2.55. The van der Waals surface area contributed by atoms with Crippen LogP contribution in [0, 0.1) is 34.5 Å². The number of aliphatic hydroxyl groups excluding tert-OH is 2. The molecule has 0 aromatic heterocycles. The second-order valence-corrected chi connectivity index (χ2v) is 15.1. The van der Waals surface area contributed by atoms with Crippen LogP contribution in [-0.4, -0.2) is 66.9 Å². The average Bonchev–Trinajstić information content (AvgIpc) is 3.27. The second-order valence-electron chi connectivity index (χ2n) is 13.2. The lowest BCUT2D eigenvalue weighted by atomic mass is 9.60. The number of carbonyl (C=O) groups excluding carboxylic acids is 4. The van der Waals surface area contributed by atoms with E-state index in [-0.39, 0.29) is 54.0 Å². The molecule has 2 N–H and O–H groups in total. The summed E-state index contributed by atoms with van der Waals surface area (Å²) in [5.74, 6) is -1.35. The molecule has 8 nitrogen and oxygen atoms in total. The van der Waals surface area contributed by atoms with Crippen LogP contribution in [0.4, 0.5) is 0 Å². The van der Waals surface area contributed by atoms with Gasteiger partial charge in [-0.25, -0.2) is 0 Å². The number of carbonyl (C=O) groups is 4. The normalized spacial score (nSPS) is 43.2. The number of ether oxygens (including phenoxy) is 2. The largest absolute Gasteiger partial charge is 0.457 e. The summed E-state index contributed by atoms with van der Waals surface area (Å²) in [4.78, 5) is 49.3. The first-order valence-corrected chi connectivity index (χ1v) is 17.9. The topological polar surface area (TPSA) is 127 Å². The Bertz CT molecular complexity index is 1100. The van der Waals surface area contributed by atoms with E-state index in [9.17, 15) is 29.4 Å². The quantitative estimate of drug-likeness (QED) is 0.157. The fourth-order valence-electron chi connectivity index (χ4n) is 8.80. The maximum atomic E-state index is 12.4. The van der Waals surface area contributed by atoms with E-state index in [1.807, 2.05) is 26.0 Å². The van der Waals surface area contributed by atoms with Gasteiger partial charge in [-0.3, -0.25) is 19.2 Å². The third-order valence-corrected chi connectivity index (χ3v) is 12.4. The van der Waals surface area contributed by atoms with Gasteiger partial charge in [-0.05, 0) is 65.2 Å². The molecule has 4 aliphatic carbocycles. The Hall–Kier alpha value is -1.11. The van der Waals surface area contributed by atoms with Crippen molar-refractivity contribution in [3.63, 3.8) is 0 Å². The molecule has 0 amide bonds. The van der Waals surface area contributed by atoms with E-state index in [4.69, 9.17) is 9.47 Å². The molecule has 10 atom stereocenters. The highest BCUT2D eigenvalue weighted by Gasteiger charge is 2.79. The molecule has 0 unspecified atom stereocenters. The fraction of sp³-hybridized carbons (Fsp3) is 0.750. The van der Waals surface area contributed by atoms with Crippen molar-refractivity contribution in [3.8, 4) is 0 Å². The maximum absolute atomic E-state index is 12.4. The molecule has 0 radical (unpaired) electrons. The summed E-state index contributed by atoms with van der Waals surface area (Å²) in [5.41, 5.74) is -3.73. The summed E-state index contributed by atoms with van der Waals surface area (Å²) in [6, 6.07) is 0. The van der Waals surface area contributed by atoms with Gasteiger partial charge in [0.05, 0.1) is 24.0 Å². The third kappa shape index (κ3) is 4.54. The van der Waals surface area contributed by atoms with Gasteiger partial charge in [0.15, 0.2) is 0 Å². The number of allylic oxidation sites excluding steroid dienone is 2. The predicted octanol–water partition coefficient (Wildman–Crippen LogP) is 4.80. The molecule has 0 aromatic carbocycles. The van der Waals surface area contributed by atoms with Crippen LogP contribution in [0.25, 0.3) is 0 Å². The van der Waals surface area contributed by atoms with Gasteiger partial charge in [-0.15, -0.1) is 0 Å². The summed E-state index contributed by atoms with van der Waals surface area (Å²) in [6.45, 7) is 3.66. The Labute approximate surface area is 269 Å². The highest BCUT2D eigenvalue weighted by molar-refractivity contribution is 14.1. The van der Waals surface area contributed by atoms with Gasteiger partial charge >= 0.3 is 11.9 Å². The molecule has 0 bridgehead atoms. The minimum absolute atomic E-state index is 0.0432. The molecule has 2 heterocycles. The molecule has 0 aromatic rings. The van der Waals surface area contributed by atoms with E-state index < -0.39 is 40.2 Å². The van der Waals surface area contributed by atoms with E-state index in [0.29, 0.717) is 18.2 Å². The van der Waals surface area contributed by atoms with Crippen LogP contribution in [0.15, 0.2) is 24.3 Å². The number of esters is 2. The van der Waals surface area contributed by atoms with E-state index in [1.165, 1.54) is 0 Å².